The molecular formula is C19H22F3N3O. The molecule has 0 radical (unpaired) electrons. The fourth-order valence-corrected chi connectivity index (χ4v) is 3.55. The molecule has 1 amide bonds. The van der Waals surface area contributed by atoms with E-state index in [1.807, 2.05) is 0 Å². The first-order chi connectivity index (χ1) is 12.3. The highest BCUT2D eigenvalue weighted by Gasteiger charge is 2.33. The number of rotatable bonds is 4. The molecule has 1 aromatic heterocycles. The van der Waals surface area contributed by atoms with Crippen LogP contribution in [0.2, 0.25) is 0 Å². The van der Waals surface area contributed by atoms with E-state index in [0.29, 0.717) is 37.2 Å². The maximum atomic E-state index is 13.1. The minimum absolute atomic E-state index is 0.106. The van der Waals surface area contributed by atoms with Gasteiger partial charge in [0.25, 0.3) is 5.91 Å². The Labute approximate surface area is 150 Å². The molecule has 0 N–H and O–H groups in total. The van der Waals surface area contributed by atoms with E-state index in [-0.39, 0.29) is 11.8 Å². The van der Waals surface area contributed by atoms with Gasteiger partial charge in [0.2, 0.25) is 0 Å². The third-order valence-electron chi connectivity index (χ3n) is 4.88. The van der Waals surface area contributed by atoms with Gasteiger partial charge >= 0.3 is 6.18 Å². The second-order valence-corrected chi connectivity index (χ2v) is 6.83. The van der Waals surface area contributed by atoms with Crippen LogP contribution in [0.3, 0.4) is 0 Å². The molecule has 0 saturated carbocycles. The molecule has 7 heteroatoms. The number of amides is 1. The monoisotopic (exact) mass is 365 g/mol. The number of carbonyl (C=O) groups is 1. The number of alkyl halides is 3. The molecule has 0 aliphatic carbocycles. The summed E-state index contributed by atoms with van der Waals surface area (Å²) in [4.78, 5) is 14.3. The standard InChI is InChI=1S/C19H22F3N3O/c1-24-12-10-17(23-24)18(26)25-11-4-5-14(13-25)8-9-15-6-2-3-7-16(15)19(20,21)22/h2-3,6-7,10,12,14H,4-5,8-9,11,13H2,1H3. The van der Waals surface area contributed by atoms with Gasteiger partial charge in [-0.05, 0) is 49.3 Å². The van der Waals surface area contributed by atoms with E-state index in [1.54, 1.807) is 41.0 Å². The number of carbonyl (C=O) groups excluding carboxylic acids is 1. The van der Waals surface area contributed by atoms with Crippen molar-refractivity contribution in [1.82, 2.24) is 14.7 Å². The Morgan fingerprint density at radius 1 is 1.27 bits per heavy atom. The topological polar surface area (TPSA) is 38.1 Å². The minimum atomic E-state index is -4.33. The second-order valence-electron chi connectivity index (χ2n) is 6.83. The number of likely N-dealkylation sites (tertiary alicyclic amines) is 1. The average Bonchev–Trinajstić information content (AvgIpc) is 3.05. The predicted molar refractivity (Wildman–Crippen MR) is 91.6 cm³/mol. The number of aromatic nitrogens is 2. The summed E-state index contributed by atoms with van der Waals surface area (Å²) < 4.78 is 40.9. The lowest BCUT2D eigenvalue weighted by Crippen LogP contribution is -2.40. The SMILES string of the molecule is Cn1ccc(C(=O)N2CCCC(CCc3ccccc3C(F)(F)F)C2)n1. The minimum Gasteiger partial charge on any atom is -0.337 e. The van der Waals surface area contributed by atoms with Gasteiger partial charge < -0.3 is 4.90 Å². The van der Waals surface area contributed by atoms with Gasteiger partial charge in [-0.2, -0.15) is 18.3 Å². The van der Waals surface area contributed by atoms with Crippen molar-refractivity contribution in [3.63, 3.8) is 0 Å². The van der Waals surface area contributed by atoms with E-state index in [1.165, 1.54) is 6.07 Å². The summed E-state index contributed by atoms with van der Waals surface area (Å²) in [7, 11) is 1.76. The smallest absolute Gasteiger partial charge is 0.337 e. The number of hydrogen-bond donors (Lipinski definition) is 0. The Balaban J connectivity index is 1.62. The lowest BCUT2D eigenvalue weighted by molar-refractivity contribution is -0.138. The van der Waals surface area contributed by atoms with Crippen molar-refractivity contribution < 1.29 is 18.0 Å². The van der Waals surface area contributed by atoms with Crippen LogP contribution in [0, 0.1) is 5.92 Å². The molecular weight excluding hydrogens is 343 g/mol. The molecule has 3 rings (SSSR count). The number of aryl methyl sites for hydroxylation is 2. The number of nitrogens with zero attached hydrogens (tertiary/aromatic N) is 3. The van der Waals surface area contributed by atoms with Gasteiger partial charge in [-0.1, -0.05) is 18.2 Å². The average molecular weight is 365 g/mol. The lowest BCUT2D eigenvalue weighted by atomic mass is 9.90. The van der Waals surface area contributed by atoms with Crippen LogP contribution in [0.15, 0.2) is 36.5 Å². The van der Waals surface area contributed by atoms with Gasteiger partial charge in [-0.3, -0.25) is 9.48 Å². The molecule has 0 bridgehead atoms. The number of hydrogen-bond acceptors (Lipinski definition) is 2. The molecule has 2 heterocycles. The van der Waals surface area contributed by atoms with Crippen molar-refractivity contribution in [3.05, 3.63) is 53.3 Å². The Morgan fingerprint density at radius 3 is 2.73 bits per heavy atom. The van der Waals surface area contributed by atoms with Gasteiger partial charge in [0.05, 0.1) is 5.56 Å². The zero-order chi connectivity index (χ0) is 18.7. The van der Waals surface area contributed by atoms with Gasteiger partial charge in [0.1, 0.15) is 5.69 Å². The van der Waals surface area contributed by atoms with E-state index >= 15 is 0 Å². The Kier molecular flexibility index (Phi) is 5.34. The molecule has 26 heavy (non-hydrogen) atoms. The summed E-state index contributed by atoms with van der Waals surface area (Å²) in [6.07, 6.45) is 0.197. The lowest BCUT2D eigenvalue weighted by Gasteiger charge is -2.32. The zero-order valence-electron chi connectivity index (χ0n) is 14.7. The number of piperidine rings is 1. The Morgan fingerprint density at radius 2 is 2.04 bits per heavy atom. The van der Waals surface area contributed by atoms with Crippen LogP contribution in [0.1, 0.15) is 40.9 Å². The number of benzene rings is 1. The maximum absolute atomic E-state index is 13.1. The summed E-state index contributed by atoms with van der Waals surface area (Å²) in [6.45, 7) is 1.24. The molecule has 1 fully saturated rings. The quantitative estimate of drug-likeness (QED) is 0.824. The first-order valence-electron chi connectivity index (χ1n) is 8.78. The summed E-state index contributed by atoms with van der Waals surface area (Å²) in [5.74, 6) is 0.101. The predicted octanol–water partition coefficient (Wildman–Crippen LogP) is 3.92. The van der Waals surface area contributed by atoms with Crippen molar-refractivity contribution in [2.75, 3.05) is 13.1 Å². The zero-order valence-corrected chi connectivity index (χ0v) is 14.7. The molecule has 1 aliphatic rings. The first-order valence-corrected chi connectivity index (χ1v) is 8.78. The molecule has 1 aromatic carbocycles. The van der Waals surface area contributed by atoms with Gasteiger partial charge in [-0.15, -0.1) is 0 Å². The molecule has 1 saturated heterocycles. The van der Waals surface area contributed by atoms with E-state index in [0.717, 1.165) is 18.9 Å². The van der Waals surface area contributed by atoms with Gasteiger partial charge in [0, 0.05) is 26.3 Å². The van der Waals surface area contributed by atoms with E-state index in [4.69, 9.17) is 0 Å². The van der Waals surface area contributed by atoms with Crippen LogP contribution in [0.4, 0.5) is 13.2 Å². The van der Waals surface area contributed by atoms with Crippen molar-refractivity contribution in [3.8, 4) is 0 Å². The van der Waals surface area contributed by atoms with Crippen LogP contribution in [0.5, 0.6) is 0 Å². The number of halogens is 3. The fourth-order valence-electron chi connectivity index (χ4n) is 3.55. The third kappa shape index (κ3) is 4.26. The highest BCUT2D eigenvalue weighted by atomic mass is 19.4. The Bertz CT molecular complexity index is 769. The first kappa shape index (κ1) is 18.5. The highest BCUT2D eigenvalue weighted by Crippen LogP contribution is 2.33. The Hall–Kier alpha value is -2.31. The highest BCUT2D eigenvalue weighted by molar-refractivity contribution is 5.92. The molecule has 1 unspecified atom stereocenters. The molecule has 2 aromatic rings. The summed E-state index contributed by atoms with van der Waals surface area (Å²) in [6, 6.07) is 7.42. The molecule has 4 nitrogen and oxygen atoms in total. The van der Waals surface area contributed by atoms with Gasteiger partial charge in [-0.25, -0.2) is 0 Å². The van der Waals surface area contributed by atoms with Crippen molar-refractivity contribution in [1.29, 1.82) is 0 Å². The van der Waals surface area contributed by atoms with Crippen molar-refractivity contribution in [2.45, 2.75) is 31.9 Å². The maximum Gasteiger partial charge on any atom is 0.416 e. The van der Waals surface area contributed by atoms with Crippen molar-refractivity contribution in [2.24, 2.45) is 13.0 Å². The van der Waals surface area contributed by atoms with Crippen LogP contribution in [0.25, 0.3) is 0 Å². The van der Waals surface area contributed by atoms with Crippen LogP contribution < -0.4 is 0 Å². The second kappa shape index (κ2) is 7.51. The fraction of sp³-hybridized carbons (Fsp3) is 0.474. The normalized spacial score (nSPS) is 18.2. The van der Waals surface area contributed by atoms with E-state index in [9.17, 15) is 18.0 Å². The summed E-state index contributed by atoms with van der Waals surface area (Å²) in [5, 5.41) is 4.14. The molecule has 0 spiro atoms. The summed E-state index contributed by atoms with van der Waals surface area (Å²) in [5.41, 5.74) is 0.181. The van der Waals surface area contributed by atoms with E-state index < -0.39 is 11.7 Å². The molecule has 1 atom stereocenters. The summed E-state index contributed by atoms with van der Waals surface area (Å²) >= 11 is 0. The molecule has 140 valence electrons. The van der Waals surface area contributed by atoms with Crippen LogP contribution in [-0.4, -0.2) is 33.7 Å². The van der Waals surface area contributed by atoms with Gasteiger partial charge in [0.15, 0.2) is 0 Å². The third-order valence-corrected chi connectivity index (χ3v) is 4.88. The van der Waals surface area contributed by atoms with E-state index in [2.05, 4.69) is 5.10 Å². The van der Waals surface area contributed by atoms with Crippen molar-refractivity contribution >= 4 is 5.91 Å². The largest absolute Gasteiger partial charge is 0.416 e. The molecule has 1 aliphatic heterocycles. The van der Waals surface area contributed by atoms with Crippen LogP contribution >= 0.6 is 0 Å². The van der Waals surface area contributed by atoms with Crippen LogP contribution in [-0.2, 0) is 19.6 Å².